The largest absolute Gasteiger partial charge is 0.487 e. The van der Waals surface area contributed by atoms with Crippen LogP contribution < -0.4 is 9.46 Å². The van der Waals surface area contributed by atoms with E-state index in [1.54, 1.807) is 0 Å². The molecule has 1 atom stereocenters. The van der Waals surface area contributed by atoms with Gasteiger partial charge >= 0.3 is 5.97 Å². The molecule has 0 aliphatic carbocycles. The number of carbonyl (C=O) groups excluding carboxylic acids is 1. The molecule has 0 aromatic heterocycles. The number of sulfonamides is 1. The molecule has 3 rings (SSSR count). The van der Waals surface area contributed by atoms with Crippen molar-refractivity contribution in [2.45, 2.75) is 43.7 Å². The van der Waals surface area contributed by atoms with Crippen LogP contribution in [0.1, 0.15) is 47.8 Å². The molecule has 6 nitrogen and oxygen atoms in total. The van der Waals surface area contributed by atoms with E-state index in [1.807, 2.05) is 39.0 Å². The minimum absolute atomic E-state index is 0.00428. The van der Waals surface area contributed by atoms with Crippen LogP contribution in [0.3, 0.4) is 0 Å². The lowest BCUT2D eigenvalue weighted by atomic mass is 9.90. The third-order valence-electron chi connectivity index (χ3n) is 4.58. The quantitative estimate of drug-likeness (QED) is 0.751. The number of esters is 1. The van der Waals surface area contributed by atoms with Crippen LogP contribution in [0.4, 0.5) is 0 Å². The molecule has 0 fully saturated rings. The van der Waals surface area contributed by atoms with Crippen LogP contribution in [-0.4, -0.2) is 27.1 Å². The SMILES string of the molecule is COC(=O)c1cc(S(=O)(=O)NC2CC(C)(C)Oc3cc(C)ccc32)ccc1Cl. The van der Waals surface area contributed by atoms with E-state index in [2.05, 4.69) is 9.46 Å². The van der Waals surface area contributed by atoms with Crippen molar-refractivity contribution in [3.63, 3.8) is 0 Å². The predicted molar refractivity (Wildman–Crippen MR) is 106 cm³/mol. The molecule has 0 radical (unpaired) electrons. The van der Waals surface area contributed by atoms with Gasteiger partial charge in [0.1, 0.15) is 11.4 Å². The Balaban J connectivity index is 1.98. The lowest BCUT2D eigenvalue weighted by Crippen LogP contribution is -2.41. The molecule has 0 amide bonds. The molecular weight excluding hydrogens is 402 g/mol. The third kappa shape index (κ3) is 4.16. The van der Waals surface area contributed by atoms with Gasteiger partial charge in [-0.15, -0.1) is 0 Å². The maximum atomic E-state index is 13.0. The number of rotatable bonds is 4. The summed E-state index contributed by atoms with van der Waals surface area (Å²) >= 11 is 6.00. The zero-order valence-corrected chi connectivity index (χ0v) is 17.6. The second-order valence-electron chi connectivity index (χ2n) is 7.41. The van der Waals surface area contributed by atoms with Crippen LogP contribution in [0.5, 0.6) is 5.75 Å². The van der Waals surface area contributed by atoms with E-state index in [9.17, 15) is 13.2 Å². The van der Waals surface area contributed by atoms with E-state index in [0.29, 0.717) is 12.2 Å². The molecule has 0 bridgehead atoms. The summed E-state index contributed by atoms with van der Waals surface area (Å²) < 4.78 is 39.5. The predicted octanol–water partition coefficient (Wildman–Crippen LogP) is 4.02. The van der Waals surface area contributed by atoms with Crippen LogP contribution in [0, 0.1) is 6.92 Å². The molecule has 1 aliphatic heterocycles. The zero-order valence-electron chi connectivity index (χ0n) is 16.1. The Hall–Kier alpha value is -2.09. The van der Waals surface area contributed by atoms with Crippen LogP contribution in [0.2, 0.25) is 5.02 Å². The number of carbonyl (C=O) groups is 1. The Kier molecular flexibility index (Phi) is 5.44. The summed E-state index contributed by atoms with van der Waals surface area (Å²) in [6.07, 6.45) is 0.458. The third-order valence-corrected chi connectivity index (χ3v) is 6.38. The molecule has 0 saturated carbocycles. The normalized spacial score (nSPS) is 18.1. The van der Waals surface area contributed by atoms with Crippen molar-refractivity contribution in [1.29, 1.82) is 0 Å². The minimum atomic E-state index is -3.92. The van der Waals surface area contributed by atoms with Crippen molar-refractivity contribution in [3.05, 3.63) is 58.1 Å². The smallest absolute Gasteiger partial charge is 0.339 e. The van der Waals surface area contributed by atoms with Gasteiger partial charge in [-0.3, -0.25) is 0 Å². The number of nitrogens with one attached hydrogen (secondary N) is 1. The Morgan fingerprint density at radius 1 is 1.25 bits per heavy atom. The highest BCUT2D eigenvalue weighted by molar-refractivity contribution is 7.89. The number of hydrogen-bond acceptors (Lipinski definition) is 5. The summed E-state index contributed by atoms with van der Waals surface area (Å²) in [6, 6.07) is 9.16. The first-order valence-electron chi connectivity index (χ1n) is 8.72. The first-order chi connectivity index (χ1) is 13.0. The summed E-state index contributed by atoms with van der Waals surface area (Å²) in [6.45, 7) is 5.78. The second kappa shape index (κ2) is 7.39. The van der Waals surface area contributed by atoms with Gasteiger partial charge < -0.3 is 9.47 Å². The van der Waals surface area contributed by atoms with Crippen molar-refractivity contribution in [1.82, 2.24) is 4.72 Å². The summed E-state index contributed by atoms with van der Waals surface area (Å²) in [4.78, 5) is 11.8. The molecule has 1 aliphatic rings. The van der Waals surface area contributed by atoms with Gasteiger partial charge in [-0.2, -0.15) is 0 Å². The summed E-state index contributed by atoms with van der Waals surface area (Å²) in [7, 11) is -2.71. The van der Waals surface area contributed by atoms with Gasteiger partial charge in [-0.1, -0.05) is 23.7 Å². The molecule has 0 spiro atoms. The van der Waals surface area contributed by atoms with Gasteiger partial charge in [-0.05, 0) is 50.6 Å². The van der Waals surface area contributed by atoms with Gasteiger partial charge in [-0.25, -0.2) is 17.9 Å². The van der Waals surface area contributed by atoms with E-state index in [1.165, 1.54) is 25.3 Å². The summed E-state index contributed by atoms with van der Waals surface area (Å²) in [5, 5.41) is 0.124. The standard InChI is InChI=1S/C20H22ClNO5S/c1-12-5-7-14-17(11-20(2,3)27-18(14)9-12)22-28(24,25)13-6-8-16(21)15(10-13)19(23)26-4/h5-10,17,22H,11H2,1-4H3. The molecule has 2 aromatic rings. The molecule has 1 heterocycles. The van der Waals surface area contributed by atoms with Crippen molar-refractivity contribution < 1.29 is 22.7 Å². The van der Waals surface area contributed by atoms with Gasteiger partial charge in [0, 0.05) is 12.0 Å². The number of ether oxygens (including phenoxy) is 2. The van der Waals surface area contributed by atoms with E-state index >= 15 is 0 Å². The van der Waals surface area contributed by atoms with E-state index in [-0.39, 0.29) is 15.5 Å². The Morgan fingerprint density at radius 3 is 2.64 bits per heavy atom. The van der Waals surface area contributed by atoms with Gasteiger partial charge in [0.15, 0.2) is 0 Å². The molecule has 2 aromatic carbocycles. The fourth-order valence-electron chi connectivity index (χ4n) is 3.26. The van der Waals surface area contributed by atoms with Gasteiger partial charge in [0.2, 0.25) is 10.0 Å². The van der Waals surface area contributed by atoms with Gasteiger partial charge in [0.25, 0.3) is 0 Å². The number of benzene rings is 2. The van der Waals surface area contributed by atoms with Crippen LogP contribution >= 0.6 is 11.6 Å². The van der Waals surface area contributed by atoms with Crippen molar-refractivity contribution >= 4 is 27.6 Å². The van der Waals surface area contributed by atoms with Crippen LogP contribution in [0.15, 0.2) is 41.3 Å². The number of halogens is 1. The van der Waals surface area contributed by atoms with Crippen molar-refractivity contribution in [3.8, 4) is 5.75 Å². The highest BCUT2D eigenvalue weighted by Crippen LogP contribution is 2.40. The Labute approximate surface area is 169 Å². The number of hydrogen-bond donors (Lipinski definition) is 1. The highest BCUT2D eigenvalue weighted by Gasteiger charge is 2.36. The zero-order chi connectivity index (χ0) is 20.7. The monoisotopic (exact) mass is 423 g/mol. The molecule has 1 unspecified atom stereocenters. The fraction of sp³-hybridized carbons (Fsp3) is 0.350. The topological polar surface area (TPSA) is 81.7 Å². The Bertz CT molecular complexity index is 1030. The molecule has 8 heteroatoms. The first kappa shape index (κ1) is 20.6. The number of aryl methyl sites for hydroxylation is 1. The molecule has 1 N–H and O–H groups in total. The number of fused-ring (bicyclic) bond motifs is 1. The first-order valence-corrected chi connectivity index (χ1v) is 10.6. The Morgan fingerprint density at radius 2 is 1.96 bits per heavy atom. The molecule has 150 valence electrons. The lowest BCUT2D eigenvalue weighted by molar-refractivity contribution is 0.0600. The average Bonchev–Trinajstić information content (AvgIpc) is 2.59. The fourth-order valence-corrected chi connectivity index (χ4v) is 4.69. The maximum Gasteiger partial charge on any atom is 0.339 e. The maximum absolute atomic E-state index is 13.0. The van der Waals surface area contributed by atoms with Crippen LogP contribution in [0.25, 0.3) is 0 Å². The summed E-state index contributed by atoms with van der Waals surface area (Å²) in [5.41, 5.74) is 1.26. The van der Waals surface area contributed by atoms with Crippen molar-refractivity contribution in [2.24, 2.45) is 0 Å². The van der Waals surface area contributed by atoms with E-state index < -0.39 is 27.6 Å². The number of methoxy groups -OCH3 is 1. The molecule has 0 saturated heterocycles. The van der Waals surface area contributed by atoms with Gasteiger partial charge in [0.05, 0.1) is 28.6 Å². The lowest BCUT2D eigenvalue weighted by Gasteiger charge is -2.38. The van der Waals surface area contributed by atoms with E-state index in [0.717, 1.165) is 11.1 Å². The van der Waals surface area contributed by atoms with Crippen molar-refractivity contribution in [2.75, 3.05) is 7.11 Å². The molecular formula is C20H22ClNO5S. The minimum Gasteiger partial charge on any atom is -0.487 e. The molecule has 28 heavy (non-hydrogen) atoms. The average molecular weight is 424 g/mol. The highest BCUT2D eigenvalue weighted by atomic mass is 35.5. The van der Waals surface area contributed by atoms with Crippen LogP contribution in [-0.2, 0) is 14.8 Å². The second-order valence-corrected chi connectivity index (χ2v) is 9.54. The van der Waals surface area contributed by atoms with E-state index in [4.69, 9.17) is 16.3 Å². The summed E-state index contributed by atoms with van der Waals surface area (Å²) in [5.74, 6) is -0.0367.